The third kappa shape index (κ3) is 2.95. The van der Waals surface area contributed by atoms with Crippen molar-refractivity contribution in [2.24, 2.45) is 13.0 Å². The number of aromatic nitrogens is 3. The van der Waals surface area contributed by atoms with Crippen LogP contribution in [-0.4, -0.2) is 9.55 Å². The number of para-hydroxylation sites is 2. The number of nitrogens with zero attached hydrogens (tertiary/aromatic N) is 3. The fourth-order valence-corrected chi connectivity index (χ4v) is 5.64. The van der Waals surface area contributed by atoms with Crippen LogP contribution >= 0.6 is 0 Å². The molecule has 0 amide bonds. The van der Waals surface area contributed by atoms with Gasteiger partial charge in [0.15, 0.2) is 0 Å². The highest BCUT2D eigenvalue weighted by atomic mass is 15.1. The molecular weight excluding hydrogens is 402 g/mol. The molecule has 0 atom stereocenters. The van der Waals surface area contributed by atoms with E-state index in [1.165, 1.54) is 55.6 Å². The van der Waals surface area contributed by atoms with Gasteiger partial charge in [-0.1, -0.05) is 38.1 Å². The van der Waals surface area contributed by atoms with Crippen LogP contribution in [0, 0.1) is 19.8 Å². The minimum absolute atomic E-state index is 0.640. The Morgan fingerprint density at radius 3 is 2.61 bits per heavy atom. The smallest absolute Gasteiger partial charge is 0.213 e. The molecule has 0 radical (unpaired) electrons. The second kappa shape index (κ2) is 7.28. The minimum Gasteiger partial charge on any atom is -0.296 e. The summed E-state index contributed by atoms with van der Waals surface area (Å²) in [5.41, 5.74) is 13.0. The van der Waals surface area contributed by atoms with Crippen molar-refractivity contribution in [3.63, 3.8) is 0 Å². The van der Waals surface area contributed by atoms with Crippen LogP contribution in [0.3, 0.4) is 0 Å². The van der Waals surface area contributed by atoms with Crippen LogP contribution in [-0.2, 0) is 19.9 Å². The van der Waals surface area contributed by atoms with E-state index in [0.29, 0.717) is 5.92 Å². The monoisotopic (exact) mass is 432 g/mol. The Morgan fingerprint density at radius 1 is 0.970 bits per heavy atom. The molecule has 1 aliphatic rings. The molecule has 0 fully saturated rings. The Balaban J connectivity index is 1.58. The van der Waals surface area contributed by atoms with E-state index in [-0.39, 0.29) is 0 Å². The second-order valence-corrected chi connectivity index (χ2v) is 9.93. The van der Waals surface area contributed by atoms with Crippen LogP contribution in [0.1, 0.15) is 41.9 Å². The highest BCUT2D eigenvalue weighted by Crippen LogP contribution is 2.39. The first-order chi connectivity index (χ1) is 15.9. The molecule has 33 heavy (non-hydrogen) atoms. The van der Waals surface area contributed by atoms with Gasteiger partial charge in [0.1, 0.15) is 12.9 Å². The Kier molecular flexibility index (Phi) is 4.45. The second-order valence-electron chi connectivity index (χ2n) is 9.93. The lowest BCUT2D eigenvalue weighted by Crippen LogP contribution is -2.32. The van der Waals surface area contributed by atoms with E-state index in [0.717, 1.165) is 24.2 Å². The Hall–Kier alpha value is -3.46. The van der Waals surface area contributed by atoms with Gasteiger partial charge < -0.3 is 0 Å². The van der Waals surface area contributed by atoms with Gasteiger partial charge in [-0.2, -0.15) is 4.57 Å². The third-order valence-electron chi connectivity index (χ3n) is 7.42. The maximum absolute atomic E-state index is 4.93. The molecule has 5 aromatic rings. The summed E-state index contributed by atoms with van der Waals surface area (Å²) < 4.78 is 4.73. The van der Waals surface area contributed by atoms with Gasteiger partial charge in [0, 0.05) is 23.9 Å². The van der Waals surface area contributed by atoms with Gasteiger partial charge >= 0.3 is 0 Å². The van der Waals surface area contributed by atoms with E-state index < -0.39 is 0 Å². The zero-order valence-electron chi connectivity index (χ0n) is 20.1. The molecule has 0 aliphatic carbocycles. The van der Waals surface area contributed by atoms with Crippen molar-refractivity contribution in [1.29, 1.82) is 0 Å². The van der Waals surface area contributed by atoms with Crippen LogP contribution in [0.25, 0.3) is 38.9 Å². The molecule has 164 valence electrons. The molecule has 3 heterocycles. The third-order valence-corrected chi connectivity index (χ3v) is 7.42. The zero-order valence-corrected chi connectivity index (χ0v) is 20.1. The van der Waals surface area contributed by atoms with E-state index in [4.69, 9.17) is 4.98 Å². The van der Waals surface area contributed by atoms with E-state index in [1.54, 1.807) is 0 Å². The van der Waals surface area contributed by atoms with Crippen LogP contribution in [0.2, 0.25) is 0 Å². The highest BCUT2D eigenvalue weighted by molar-refractivity contribution is 5.84. The number of fused-ring (bicyclic) bond motifs is 6. The molecule has 0 saturated carbocycles. The fourth-order valence-electron chi connectivity index (χ4n) is 5.64. The van der Waals surface area contributed by atoms with Gasteiger partial charge in [-0.3, -0.25) is 4.57 Å². The van der Waals surface area contributed by atoms with Crippen molar-refractivity contribution in [3.05, 3.63) is 88.7 Å². The molecule has 3 heteroatoms. The summed E-state index contributed by atoms with van der Waals surface area (Å²) in [5, 5.41) is 1.36. The average Bonchev–Trinajstić information content (AvgIpc) is 3.33. The van der Waals surface area contributed by atoms with Gasteiger partial charge in [0.25, 0.3) is 0 Å². The highest BCUT2D eigenvalue weighted by Gasteiger charge is 2.28. The van der Waals surface area contributed by atoms with Crippen molar-refractivity contribution in [2.75, 3.05) is 0 Å². The Bertz CT molecular complexity index is 1570. The Morgan fingerprint density at radius 2 is 1.79 bits per heavy atom. The number of aryl methyl sites for hydroxylation is 1. The average molecular weight is 433 g/mol. The van der Waals surface area contributed by atoms with E-state index in [1.807, 2.05) is 0 Å². The molecule has 0 saturated heterocycles. The van der Waals surface area contributed by atoms with Gasteiger partial charge in [0.05, 0.1) is 22.3 Å². The SMILES string of the molecule is Cc1c(-c2ccc3c(CC(C)C)cccc3[n+]2C)cc2c(c1C)Cc1nc3ccccc3n1-2. The number of imidazole rings is 1. The van der Waals surface area contributed by atoms with Crippen molar-refractivity contribution >= 4 is 21.9 Å². The quantitative estimate of drug-likeness (QED) is 0.297. The minimum atomic E-state index is 0.640. The molecule has 6 rings (SSSR count). The lowest BCUT2D eigenvalue weighted by Gasteiger charge is -2.15. The predicted octanol–water partition coefficient (Wildman–Crippen LogP) is 6.39. The molecule has 3 nitrogen and oxygen atoms in total. The maximum Gasteiger partial charge on any atom is 0.213 e. The molecule has 0 bridgehead atoms. The first-order valence-corrected chi connectivity index (χ1v) is 11.9. The first kappa shape index (κ1) is 20.2. The fraction of sp³-hybridized carbons (Fsp3) is 0.267. The predicted molar refractivity (Wildman–Crippen MR) is 136 cm³/mol. The summed E-state index contributed by atoms with van der Waals surface area (Å²) in [7, 11) is 2.21. The summed E-state index contributed by atoms with van der Waals surface area (Å²) in [6, 6.07) is 22.2. The summed E-state index contributed by atoms with van der Waals surface area (Å²) in [4.78, 5) is 4.93. The number of pyridine rings is 1. The number of benzene rings is 3. The van der Waals surface area contributed by atoms with Gasteiger partial charge in [-0.25, -0.2) is 4.98 Å². The van der Waals surface area contributed by atoms with Crippen molar-refractivity contribution < 1.29 is 4.57 Å². The first-order valence-electron chi connectivity index (χ1n) is 11.9. The summed E-state index contributed by atoms with van der Waals surface area (Å²) >= 11 is 0. The molecule has 2 aromatic heterocycles. The summed E-state index contributed by atoms with van der Waals surface area (Å²) in [6.45, 7) is 9.12. The molecular formula is C30H30N3+. The summed E-state index contributed by atoms with van der Waals surface area (Å²) in [5.74, 6) is 1.79. The number of hydrogen-bond acceptors (Lipinski definition) is 1. The standard InChI is InChI=1S/C30H30N3/c1-18(2)15-21-9-8-12-26-22(21)13-14-27(32(26)5)23-16-29-24(20(4)19(23)3)17-30-31-25-10-6-7-11-28(25)33(29)30/h6-14,16,18H,15,17H2,1-5H3/q+1. The van der Waals surface area contributed by atoms with E-state index >= 15 is 0 Å². The largest absolute Gasteiger partial charge is 0.296 e. The van der Waals surface area contributed by atoms with Crippen molar-refractivity contribution in [2.45, 2.75) is 40.5 Å². The van der Waals surface area contributed by atoms with Gasteiger partial charge in [-0.05, 0) is 72.7 Å². The zero-order chi connectivity index (χ0) is 22.9. The van der Waals surface area contributed by atoms with E-state index in [2.05, 4.69) is 105 Å². The van der Waals surface area contributed by atoms with E-state index in [9.17, 15) is 0 Å². The van der Waals surface area contributed by atoms with Crippen LogP contribution in [0.5, 0.6) is 0 Å². The van der Waals surface area contributed by atoms with Crippen LogP contribution < -0.4 is 4.57 Å². The number of hydrogen-bond donors (Lipinski definition) is 0. The molecule has 1 aliphatic heterocycles. The maximum atomic E-state index is 4.93. The van der Waals surface area contributed by atoms with Crippen molar-refractivity contribution in [1.82, 2.24) is 9.55 Å². The van der Waals surface area contributed by atoms with Gasteiger partial charge in [-0.15, -0.1) is 0 Å². The normalized spacial score (nSPS) is 12.7. The van der Waals surface area contributed by atoms with Crippen molar-refractivity contribution in [3.8, 4) is 16.9 Å². The molecule has 0 spiro atoms. The summed E-state index contributed by atoms with van der Waals surface area (Å²) in [6.07, 6.45) is 2.00. The Labute approximate surface area is 195 Å². The molecule has 0 unspecified atom stereocenters. The molecule has 3 aromatic carbocycles. The lowest BCUT2D eigenvalue weighted by atomic mass is 9.92. The number of rotatable bonds is 3. The van der Waals surface area contributed by atoms with Crippen LogP contribution in [0.15, 0.2) is 60.7 Å². The van der Waals surface area contributed by atoms with Crippen LogP contribution in [0.4, 0.5) is 0 Å². The molecule has 0 N–H and O–H groups in total. The lowest BCUT2D eigenvalue weighted by molar-refractivity contribution is -0.633. The topological polar surface area (TPSA) is 21.7 Å². The van der Waals surface area contributed by atoms with Gasteiger partial charge in [0.2, 0.25) is 11.2 Å².